The van der Waals surface area contributed by atoms with Gasteiger partial charge in [-0.15, -0.1) is 0 Å². The van der Waals surface area contributed by atoms with Gasteiger partial charge in [0.2, 0.25) is 0 Å². The second-order valence-electron chi connectivity index (χ2n) is 3.32. The van der Waals surface area contributed by atoms with Crippen molar-refractivity contribution in [1.29, 1.82) is 0 Å². The minimum Gasteiger partial charge on any atom is -0.395 e. The molecule has 0 bridgehead atoms. The van der Waals surface area contributed by atoms with Crippen LogP contribution in [0.4, 0.5) is 5.69 Å². The van der Waals surface area contributed by atoms with Crippen molar-refractivity contribution in [2.45, 2.75) is 0 Å². The molecule has 6 nitrogen and oxygen atoms in total. The molecule has 0 fully saturated rings. The molecule has 0 aliphatic carbocycles. The minimum absolute atomic E-state index is 0.0487. The van der Waals surface area contributed by atoms with E-state index < -0.39 is 5.91 Å². The Morgan fingerprint density at radius 2 is 2.44 bits per heavy atom. The van der Waals surface area contributed by atoms with Crippen LogP contribution in [0.15, 0.2) is 24.5 Å². The fourth-order valence-corrected chi connectivity index (χ4v) is 1.48. The fourth-order valence-electron chi connectivity index (χ4n) is 1.48. The van der Waals surface area contributed by atoms with Crippen molar-refractivity contribution < 1.29 is 9.90 Å². The van der Waals surface area contributed by atoms with Crippen LogP contribution >= 0.6 is 0 Å². The number of anilines is 1. The number of hydrogen-bond acceptors (Lipinski definition) is 4. The van der Waals surface area contributed by atoms with E-state index in [2.05, 4.69) is 10.4 Å². The van der Waals surface area contributed by atoms with Gasteiger partial charge in [0.1, 0.15) is 0 Å². The van der Waals surface area contributed by atoms with E-state index in [1.165, 1.54) is 6.20 Å². The molecule has 4 N–H and O–H groups in total. The van der Waals surface area contributed by atoms with Crippen molar-refractivity contribution in [3.05, 3.63) is 30.1 Å². The summed E-state index contributed by atoms with van der Waals surface area (Å²) < 4.78 is 1.57. The third kappa shape index (κ3) is 1.82. The van der Waals surface area contributed by atoms with Crippen LogP contribution in [0.1, 0.15) is 10.4 Å². The number of carbonyl (C=O) groups is 1. The lowest BCUT2D eigenvalue weighted by Gasteiger charge is -2.04. The van der Waals surface area contributed by atoms with Gasteiger partial charge in [0, 0.05) is 18.4 Å². The number of fused-ring (bicyclic) bond motifs is 1. The van der Waals surface area contributed by atoms with Gasteiger partial charge in [-0.2, -0.15) is 5.10 Å². The number of rotatable bonds is 4. The molecule has 2 heterocycles. The maximum absolute atomic E-state index is 11.1. The van der Waals surface area contributed by atoms with Crippen LogP contribution in [-0.4, -0.2) is 33.8 Å². The van der Waals surface area contributed by atoms with E-state index in [9.17, 15) is 4.79 Å². The van der Waals surface area contributed by atoms with Crippen molar-refractivity contribution in [3.63, 3.8) is 0 Å². The lowest BCUT2D eigenvalue weighted by Crippen LogP contribution is -2.10. The monoisotopic (exact) mass is 220 g/mol. The van der Waals surface area contributed by atoms with Crippen LogP contribution in [0.3, 0.4) is 0 Å². The third-order valence-electron chi connectivity index (χ3n) is 2.23. The Bertz CT molecular complexity index is 521. The van der Waals surface area contributed by atoms with Crippen LogP contribution in [0, 0.1) is 0 Å². The van der Waals surface area contributed by atoms with E-state index in [0.717, 1.165) is 5.69 Å². The molecule has 0 saturated heterocycles. The number of hydrogen-bond donors (Lipinski definition) is 3. The van der Waals surface area contributed by atoms with Crippen molar-refractivity contribution in [1.82, 2.24) is 9.61 Å². The first-order valence-electron chi connectivity index (χ1n) is 4.84. The fraction of sp³-hybridized carbons (Fsp3) is 0.200. The molecule has 0 aliphatic heterocycles. The van der Waals surface area contributed by atoms with Gasteiger partial charge in [0.25, 0.3) is 5.91 Å². The van der Waals surface area contributed by atoms with Crippen LogP contribution in [-0.2, 0) is 0 Å². The smallest absolute Gasteiger partial charge is 0.252 e. The minimum atomic E-state index is -0.505. The quantitative estimate of drug-likeness (QED) is 0.667. The molecule has 2 aromatic heterocycles. The van der Waals surface area contributed by atoms with Gasteiger partial charge < -0.3 is 16.2 Å². The molecule has 0 aromatic carbocycles. The molecule has 0 atom stereocenters. The number of nitrogens with zero attached hydrogens (tertiary/aromatic N) is 2. The number of nitrogens with one attached hydrogen (secondary N) is 1. The van der Waals surface area contributed by atoms with Gasteiger partial charge >= 0.3 is 0 Å². The largest absolute Gasteiger partial charge is 0.395 e. The second-order valence-corrected chi connectivity index (χ2v) is 3.32. The van der Waals surface area contributed by atoms with E-state index in [4.69, 9.17) is 10.8 Å². The molecule has 0 saturated carbocycles. The van der Waals surface area contributed by atoms with E-state index in [1.54, 1.807) is 22.8 Å². The lowest BCUT2D eigenvalue weighted by molar-refractivity contribution is 0.100. The third-order valence-corrected chi connectivity index (χ3v) is 2.23. The van der Waals surface area contributed by atoms with Crippen LogP contribution in [0.2, 0.25) is 0 Å². The highest BCUT2D eigenvalue weighted by atomic mass is 16.3. The first kappa shape index (κ1) is 10.4. The van der Waals surface area contributed by atoms with Crippen molar-refractivity contribution >= 4 is 17.1 Å². The van der Waals surface area contributed by atoms with Gasteiger partial charge in [-0.05, 0) is 12.1 Å². The van der Waals surface area contributed by atoms with E-state index in [0.29, 0.717) is 17.6 Å². The molecule has 1 amide bonds. The summed E-state index contributed by atoms with van der Waals surface area (Å²) in [6, 6.07) is 3.57. The van der Waals surface area contributed by atoms with Crippen LogP contribution < -0.4 is 11.1 Å². The van der Waals surface area contributed by atoms with Crippen LogP contribution in [0.25, 0.3) is 5.52 Å². The summed E-state index contributed by atoms with van der Waals surface area (Å²) in [6.07, 6.45) is 3.16. The van der Waals surface area contributed by atoms with Gasteiger partial charge in [-0.25, -0.2) is 4.52 Å². The van der Waals surface area contributed by atoms with Gasteiger partial charge in [-0.1, -0.05) is 0 Å². The van der Waals surface area contributed by atoms with Gasteiger partial charge in [-0.3, -0.25) is 4.79 Å². The zero-order chi connectivity index (χ0) is 11.5. The summed E-state index contributed by atoms with van der Waals surface area (Å²) in [7, 11) is 0. The van der Waals surface area contributed by atoms with E-state index in [1.807, 2.05) is 0 Å². The standard InChI is InChI=1S/C10H12N4O2/c11-10(16)8-6-13-14-3-1-7(5-9(8)14)12-2-4-15/h1,3,5-6,12,15H,2,4H2,(H2,11,16). The Hall–Kier alpha value is -2.08. The number of aliphatic hydroxyl groups excluding tert-OH is 1. The number of primary amides is 1. The zero-order valence-corrected chi connectivity index (χ0v) is 8.55. The number of aromatic nitrogens is 2. The molecule has 84 valence electrons. The first-order valence-corrected chi connectivity index (χ1v) is 4.84. The summed E-state index contributed by atoms with van der Waals surface area (Å²) in [5.74, 6) is -0.505. The molecular formula is C10H12N4O2. The van der Waals surface area contributed by atoms with E-state index >= 15 is 0 Å². The molecular weight excluding hydrogens is 208 g/mol. The maximum atomic E-state index is 11.1. The van der Waals surface area contributed by atoms with Crippen molar-refractivity contribution in [3.8, 4) is 0 Å². The predicted octanol–water partition coefficient (Wildman–Crippen LogP) is -0.163. The Kier molecular flexibility index (Phi) is 2.74. The topological polar surface area (TPSA) is 92.7 Å². The molecule has 16 heavy (non-hydrogen) atoms. The molecule has 0 unspecified atom stereocenters. The summed E-state index contributed by atoms with van der Waals surface area (Å²) in [5.41, 5.74) is 7.06. The lowest BCUT2D eigenvalue weighted by atomic mass is 10.2. The Morgan fingerprint density at radius 3 is 3.12 bits per heavy atom. The highest BCUT2D eigenvalue weighted by molar-refractivity contribution is 5.99. The molecule has 6 heteroatoms. The Morgan fingerprint density at radius 1 is 1.62 bits per heavy atom. The summed E-state index contributed by atoms with van der Waals surface area (Å²) in [5, 5.41) is 15.7. The SMILES string of the molecule is NC(=O)c1cnn2ccc(NCCO)cc12. The Labute approximate surface area is 91.7 Å². The highest BCUT2D eigenvalue weighted by Crippen LogP contribution is 2.15. The average molecular weight is 220 g/mol. The molecule has 0 spiro atoms. The summed E-state index contributed by atoms with van der Waals surface area (Å²) in [4.78, 5) is 11.1. The number of aliphatic hydroxyl groups is 1. The van der Waals surface area contributed by atoms with Crippen molar-refractivity contribution in [2.24, 2.45) is 5.73 Å². The maximum Gasteiger partial charge on any atom is 0.252 e. The molecule has 2 rings (SSSR count). The summed E-state index contributed by atoms with van der Waals surface area (Å²) >= 11 is 0. The second kappa shape index (κ2) is 4.19. The summed E-state index contributed by atoms with van der Waals surface area (Å²) in [6.45, 7) is 0.503. The predicted molar refractivity (Wildman–Crippen MR) is 59.3 cm³/mol. The Balaban J connectivity index is 2.42. The number of nitrogens with two attached hydrogens (primary N) is 1. The van der Waals surface area contributed by atoms with Crippen molar-refractivity contribution in [2.75, 3.05) is 18.5 Å². The van der Waals surface area contributed by atoms with Crippen LogP contribution in [0.5, 0.6) is 0 Å². The van der Waals surface area contributed by atoms with Gasteiger partial charge in [0.05, 0.1) is 23.9 Å². The first-order chi connectivity index (χ1) is 7.72. The molecule has 2 aromatic rings. The number of carbonyl (C=O) groups excluding carboxylic acids is 1. The number of amides is 1. The molecule has 0 aliphatic rings. The van der Waals surface area contributed by atoms with E-state index in [-0.39, 0.29) is 6.61 Å². The molecule has 0 radical (unpaired) electrons. The number of pyridine rings is 1. The highest BCUT2D eigenvalue weighted by Gasteiger charge is 2.09. The average Bonchev–Trinajstić information content (AvgIpc) is 2.69. The normalized spacial score (nSPS) is 10.6. The zero-order valence-electron chi connectivity index (χ0n) is 8.55. The van der Waals surface area contributed by atoms with Gasteiger partial charge in [0.15, 0.2) is 0 Å².